The molecule has 0 amide bonds. The lowest BCUT2D eigenvalue weighted by Gasteiger charge is -2.12. The molecule has 2 aromatic heterocycles. The molecule has 2 heterocycles. The number of fused-ring (bicyclic) bond motifs is 6. The molecule has 0 bridgehead atoms. The van der Waals surface area contributed by atoms with Crippen LogP contribution in [0.5, 0.6) is 5.75 Å². The zero-order chi connectivity index (χ0) is 20.1. The number of H-pyrrole nitrogens is 2. The molecule has 148 valence electrons. The molecule has 0 aliphatic carbocycles. The van der Waals surface area contributed by atoms with Gasteiger partial charge in [0, 0.05) is 39.1 Å². The summed E-state index contributed by atoms with van der Waals surface area (Å²) < 4.78 is 34.1. The summed E-state index contributed by atoms with van der Waals surface area (Å²) in [6, 6.07) is 11.3. The van der Waals surface area contributed by atoms with E-state index in [1.807, 2.05) is 20.2 Å². The first-order valence-corrected chi connectivity index (χ1v) is 9.63. The van der Waals surface area contributed by atoms with E-state index in [0.717, 1.165) is 56.6 Å². The van der Waals surface area contributed by atoms with Crippen LogP contribution in [0, 0.1) is 11.6 Å². The Kier molecular flexibility index (Phi) is 4.17. The predicted octanol–water partition coefficient (Wildman–Crippen LogP) is 5.56. The van der Waals surface area contributed by atoms with Gasteiger partial charge in [-0.3, -0.25) is 0 Å². The fraction of sp³-hybridized carbons (Fsp3) is 0.217. The second-order valence-electron chi connectivity index (χ2n) is 7.69. The van der Waals surface area contributed by atoms with Crippen LogP contribution in [-0.2, 0) is 0 Å². The summed E-state index contributed by atoms with van der Waals surface area (Å²) in [5.74, 6) is 0.0957. The first-order valence-electron chi connectivity index (χ1n) is 9.63. The predicted molar refractivity (Wildman–Crippen MR) is 114 cm³/mol. The Morgan fingerprint density at radius 2 is 1.34 bits per heavy atom. The van der Waals surface area contributed by atoms with Crippen molar-refractivity contribution in [2.75, 3.05) is 27.2 Å². The second kappa shape index (κ2) is 6.74. The molecule has 6 heteroatoms. The Hall–Kier alpha value is -3.12. The maximum Gasteiger partial charge on any atom is 0.167 e. The van der Waals surface area contributed by atoms with Gasteiger partial charge in [-0.25, -0.2) is 8.78 Å². The van der Waals surface area contributed by atoms with Crippen molar-refractivity contribution in [1.29, 1.82) is 0 Å². The third kappa shape index (κ3) is 3.00. The average molecular weight is 393 g/mol. The van der Waals surface area contributed by atoms with Gasteiger partial charge < -0.3 is 19.6 Å². The van der Waals surface area contributed by atoms with E-state index in [2.05, 4.69) is 14.9 Å². The molecular weight excluding hydrogens is 372 g/mol. The Morgan fingerprint density at radius 1 is 0.793 bits per heavy atom. The van der Waals surface area contributed by atoms with Crippen LogP contribution in [0.4, 0.5) is 8.78 Å². The number of aromatic nitrogens is 2. The largest absolute Gasteiger partial charge is 0.489 e. The minimum Gasteiger partial charge on any atom is -0.489 e. The van der Waals surface area contributed by atoms with Crippen molar-refractivity contribution in [2.45, 2.75) is 6.42 Å². The molecule has 3 aromatic carbocycles. The van der Waals surface area contributed by atoms with E-state index < -0.39 is 0 Å². The lowest BCUT2D eigenvalue weighted by Crippen LogP contribution is -2.15. The maximum atomic E-state index is 13.9. The Labute approximate surface area is 166 Å². The number of rotatable bonds is 5. The van der Waals surface area contributed by atoms with Gasteiger partial charge in [-0.1, -0.05) is 0 Å². The third-order valence-corrected chi connectivity index (χ3v) is 5.34. The second-order valence-corrected chi connectivity index (χ2v) is 7.69. The molecule has 0 spiro atoms. The van der Waals surface area contributed by atoms with Gasteiger partial charge >= 0.3 is 0 Å². The molecule has 0 atom stereocenters. The summed E-state index contributed by atoms with van der Waals surface area (Å²) in [4.78, 5) is 8.86. The van der Waals surface area contributed by atoms with Gasteiger partial charge in [0.2, 0.25) is 0 Å². The van der Waals surface area contributed by atoms with Crippen molar-refractivity contribution in [3.8, 4) is 5.75 Å². The fourth-order valence-corrected chi connectivity index (χ4v) is 4.00. The zero-order valence-electron chi connectivity index (χ0n) is 16.3. The van der Waals surface area contributed by atoms with E-state index in [1.165, 1.54) is 24.3 Å². The summed E-state index contributed by atoms with van der Waals surface area (Å²) in [7, 11) is 4.05. The molecule has 5 aromatic rings. The molecule has 2 N–H and O–H groups in total. The van der Waals surface area contributed by atoms with Crippen molar-refractivity contribution in [2.24, 2.45) is 0 Å². The van der Waals surface area contributed by atoms with Gasteiger partial charge in [-0.05, 0) is 63.0 Å². The lowest BCUT2D eigenvalue weighted by molar-refractivity contribution is 0.286. The van der Waals surface area contributed by atoms with E-state index in [0.29, 0.717) is 12.4 Å². The van der Waals surface area contributed by atoms with Crippen LogP contribution in [0.15, 0.2) is 42.5 Å². The number of benzene rings is 3. The van der Waals surface area contributed by atoms with Crippen LogP contribution in [0.2, 0.25) is 0 Å². The molecule has 0 fully saturated rings. The topological polar surface area (TPSA) is 44.0 Å². The lowest BCUT2D eigenvalue weighted by atomic mass is 10.1. The van der Waals surface area contributed by atoms with Gasteiger partial charge in [0.1, 0.15) is 11.6 Å². The smallest absolute Gasteiger partial charge is 0.167 e. The van der Waals surface area contributed by atoms with E-state index in [9.17, 15) is 8.78 Å². The monoisotopic (exact) mass is 393 g/mol. The number of halogens is 2. The quantitative estimate of drug-likeness (QED) is 0.384. The number of hydrogen-bond acceptors (Lipinski definition) is 2. The number of hydrogen-bond donors (Lipinski definition) is 2. The summed E-state index contributed by atoms with van der Waals surface area (Å²) in [5, 5.41) is 3.29. The molecule has 0 aliphatic rings. The molecule has 0 saturated heterocycles. The maximum absolute atomic E-state index is 13.9. The fourth-order valence-electron chi connectivity index (χ4n) is 4.00. The Bertz CT molecular complexity index is 1270. The van der Waals surface area contributed by atoms with Crippen LogP contribution in [0.1, 0.15) is 6.42 Å². The minimum atomic E-state index is -0.295. The Balaban J connectivity index is 1.78. The molecule has 0 unspecified atom stereocenters. The normalized spacial score (nSPS) is 12.2. The molecule has 4 nitrogen and oxygen atoms in total. The molecule has 0 saturated carbocycles. The van der Waals surface area contributed by atoms with Crippen LogP contribution < -0.4 is 4.74 Å². The van der Waals surface area contributed by atoms with Crippen molar-refractivity contribution in [3.05, 3.63) is 54.1 Å². The molecule has 0 radical (unpaired) electrons. The van der Waals surface area contributed by atoms with Crippen LogP contribution in [-0.4, -0.2) is 42.1 Å². The van der Waals surface area contributed by atoms with Gasteiger partial charge in [0.05, 0.1) is 17.6 Å². The third-order valence-electron chi connectivity index (χ3n) is 5.34. The van der Waals surface area contributed by atoms with Crippen LogP contribution in [0.3, 0.4) is 0 Å². The van der Waals surface area contributed by atoms with Crippen molar-refractivity contribution >= 4 is 43.6 Å². The average Bonchev–Trinajstić information content (AvgIpc) is 3.22. The van der Waals surface area contributed by atoms with Gasteiger partial charge in [-0.15, -0.1) is 0 Å². The van der Waals surface area contributed by atoms with E-state index in [-0.39, 0.29) is 11.6 Å². The summed E-state index contributed by atoms with van der Waals surface area (Å²) >= 11 is 0. The highest BCUT2D eigenvalue weighted by atomic mass is 19.1. The number of nitrogens with zero attached hydrogens (tertiary/aromatic N) is 1. The zero-order valence-corrected chi connectivity index (χ0v) is 16.3. The first-order chi connectivity index (χ1) is 14.0. The summed E-state index contributed by atoms with van der Waals surface area (Å²) in [5.41, 5.74) is 3.30. The van der Waals surface area contributed by atoms with Gasteiger partial charge in [-0.2, -0.15) is 0 Å². The van der Waals surface area contributed by atoms with Gasteiger partial charge in [0.15, 0.2) is 5.75 Å². The summed E-state index contributed by atoms with van der Waals surface area (Å²) in [6.07, 6.45) is 0.870. The minimum absolute atomic E-state index is 0.295. The van der Waals surface area contributed by atoms with E-state index in [1.54, 1.807) is 12.1 Å². The SMILES string of the molecule is CN(C)CCCOc1c2[nH]c3ccc(F)cc3c2cc2c1[nH]c1ccc(F)cc12. The van der Waals surface area contributed by atoms with Crippen molar-refractivity contribution in [1.82, 2.24) is 14.9 Å². The van der Waals surface area contributed by atoms with Crippen LogP contribution >= 0.6 is 0 Å². The first kappa shape index (κ1) is 17.9. The van der Waals surface area contributed by atoms with E-state index >= 15 is 0 Å². The number of aromatic amines is 2. The summed E-state index contributed by atoms with van der Waals surface area (Å²) in [6.45, 7) is 1.45. The van der Waals surface area contributed by atoms with Crippen molar-refractivity contribution < 1.29 is 13.5 Å². The standard InChI is InChI=1S/C23H21F2N3O/c1-28(2)8-3-9-29-23-21-17(15-10-13(24)4-6-19(15)26-21)12-18-16-11-14(25)5-7-20(16)27-22(18)23/h4-7,10-12,26-27H,3,8-9H2,1-2H3. The molecule has 5 rings (SSSR count). The number of nitrogens with one attached hydrogen (secondary N) is 2. The molecule has 29 heavy (non-hydrogen) atoms. The highest BCUT2D eigenvalue weighted by Gasteiger charge is 2.18. The van der Waals surface area contributed by atoms with Crippen molar-refractivity contribution in [3.63, 3.8) is 0 Å². The molecular formula is C23H21F2N3O. The van der Waals surface area contributed by atoms with Crippen LogP contribution in [0.25, 0.3) is 43.6 Å². The molecule has 0 aliphatic heterocycles. The Morgan fingerprint density at radius 3 is 1.86 bits per heavy atom. The highest BCUT2D eigenvalue weighted by Crippen LogP contribution is 2.41. The van der Waals surface area contributed by atoms with Gasteiger partial charge in [0.25, 0.3) is 0 Å². The number of ether oxygens (including phenoxy) is 1. The highest BCUT2D eigenvalue weighted by molar-refractivity contribution is 6.20. The van der Waals surface area contributed by atoms with E-state index in [4.69, 9.17) is 4.74 Å².